The predicted molar refractivity (Wildman–Crippen MR) is 100 cm³/mol. The second-order valence-corrected chi connectivity index (χ2v) is 8.32. The van der Waals surface area contributed by atoms with Gasteiger partial charge in [-0.15, -0.1) is 11.3 Å². The van der Waals surface area contributed by atoms with Gasteiger partial charge in [-0.1, -0.05) is 12.1 Å². The van der Waals surface area contributed by atoms with Gasteiger partial charge >= 0.3 is 0 Å². The number of likely N-dealkylation sites (tertiary alicyclic amines) is 1. The highest BCUT2D eigenvalue weighted by atomic mass is 32.1. The van der Waals surface area contributed by atoms with Crippen LogP contribution in [-0.4, -0.2) is 28.9 Å². The van der Waals surface area contributed by atoms with Crippen molar-refractivity contribution in [2.75, 3.05) is 13.1 Å². The van der Waals surface area contributed by atoms with Crippen LogP contribution in [0.5, 0.6) is 0 Å². The SMILES string of the molecule is O=C(N[C@H](c1nccs1)[C@@H]1CCCN(Cc2ccc(F)cc2)C1)C1CC1. The number of halogens is 1. The van der Waals surface area contributed by atoms with Crippen molar-refractivity contribution in [3.05, 3.63) is 52.2 Å². The predicted octanol–water partition coefficient (Wildman–Crippen LogP) is 3.76. The number of piperidine rings is 1. The van der Waals surface area contributed by atoms with E-state index in [1.807, 2.05) is 23.7 Å². The third kappa shape index (κ3) is 4.30. The van der Waals surface area contributed by atoms with Crippen molar-refractivity contribution in [1.82, 2.24) is 15.2 Å². The fourth-order valence-electron chi connectivity index (χ4n) is 3.74. The lowest BCUT2D eigenvalue weighted by Gasteiger charge is -2.36. The number of hydrogen-bond donors (Lipinski definition) is 1. The lowest BCUT2D eigenvalue weighted by molar-refractivity contribution is -0.123. The first-order valence-corrected chi connectivity index (χ1v) is 10.2. The minimum Gasteiger partial charge on any atom is -0.346 e. The van der Waals surface area contributed by atoms with Crippen LogP contribution in [0.4, 0.5) is 4.39 Å². The van der Waals surface area contributed by atoms with Crippen LogP contribution in [0.3, 0.4) is 0 Å². The van der Waals surface area contributed by atoms with Crippen molar-refractivity contribution >= 4 is 17.2 Å². The van der Waals surface area contributed by atoms with E-state index < -0.39 is 0 Å². The van der Waals surface area contributed by atoms with E-state index >= 15 is 0 Å². The molecule has 138 valence electrons. The molecule has 2 aromatic rings. The molecule has 1 aliphatic carbocycles. The number of nitrogens with zero attached hydrogens (tertiary/aromatic N) is 2. The Bertz CT molecular complexity index is 730. The second kappa shape index (κ2) is 7.84. The summed E-state index contributed by atoms with van der Waals surface area (Å²) in [6, 6.07) is 6.74. The molecule has 1 aromatic heterocycles. The molecular formula is C20H24FN3OS. The van der Waals surface area contributed by atoms with Gasteiger partial charge < -0.3 is 5.32 Å². The zero-order valence-electron chi connectivity index (χ0n) is 14.7. The Kier molecular flexibility index (Phi) is 5.31. The van der Waals surface area contributed by atoms with Gasteiger partial charge in [-0.25, -0.2) is 9.37 Å². The highest BCUT2D eigenvalue weighted by Gasteiger charge is 2.35. The minimum atomic E-state index is -0.197. The highest BCUT2D eigenvalue weighted by molar-refractivity contribution is 7.09. The summed E-state index contributed by atoms with van der Waals surface area (Å²) in [4.78, 5) is 19.3. The van der Waals surface area contributed by atoms with E-state index in [2.05, 4.69) is 15.2 Å². The molecule has 1 aliphatic heterocycles. The van der Waals surface area contributed by atoms with Crippen LogP contribution >= 0.6 is 11.3 Å². The normalized spacial score (nSPS) is 22.1. The van der Waals surface area contributed by atoms with Gasteiger partial charge in [0.15, 0.2) is 0 Å². The highest BCUT2D eigenvalue weighted by Crippen LogP contribution is 2.34. The van der Waals surface area contributed by atoms with E-state index in [0.29, 0.717) is 5.92 Å². The second-order valence-electron chi connectivity index (χ2n) is 7.39. The number of hydrogen-bond acceptors (Lipinski definition) is 4. The van der Waals surface area contributed by atoms with Crippen LogP contribution in [0, 0.1) is 17.7 Å². The van der Waals surface area contributed by atoms with Crippen LogP contribution in [0.25, 0.3) is 0 Å². The van der Waals surface area contributed by atoms with E-state index in [1.165, 1.54) is 12.1 Å². The summed E-state index contributed by atoms with van der Waals surface area (Å²) in [7, 11) is 0. The lowest BCUT2D eigenvalue weighted by atomic mass is 9.90. The van der Waals surface area contributed by atoms with Crippen molar-refractivity contribution < 1.29 is 9.18 Å². The maximum absolute atomic E-state index is 13.1. The van der Waals surface area contributed by atoms with Gasteiger partial charge in [0, 0.05) is 30.6 Å². The maximum atomic E-state index is 13.1. The van der Waals surface area contributed by atoms with Gasteiger partial charge in [0.25, 0.3) is 0 Å². The average molecular weight is 373 g/mol. The van der Waals surface area contributed by atoms with E-state index in [9.17, 15) is 9.18 Å². The molecule has 4 rings (SSSR count). The Morgan fingerprint density at radius 3 is 2.81 bits per heavy atom. The first kappa shape index (κ1) is 17.6. The molecule has 0 unspecified atom stereocenters. The minimum absolute atomic E-state index is 0.000817. The quantitative estimate of drug-likeness (QED) is 0.839. The number of rotatable bonds is 6. The van der Waals surface area contributed by atoms with Gasteiger partial charge in [0.05, 0.1) is 6.04 Å². The van der Waals surface area contributed by atoms with E-state index in [0.717, 1.165) is 55.9 Å². The van der Waals surface area contributed by atoms with E-state index in [-0.39, 0.29) is 23.7 Å². The van der Waals surface area contributed by atoms with Crippen molar-refractivity contribution in [2.45, 2.75) is 38.3 Å². The lowest BCUT2D eigenvalue weighted by Crippen LogP contribution is -2.43. The molecular weight excluding hydrogens is 349 g/mol. The topological polar surface area (TPSA) is 45.2 Å². The van der Waals surface area contributed by atoms with Gasteiger partial charge in [0.2, 0.25) is 5.91 Å². The Morgan fingerprint density at radius 2 is 2.12 bits per heavy atom. The molecule has 2 heterocycles. The Balaban J connectivity index is 1.44. The monoisotopic (exact) mass is 373 g/mol. The van der Waals surface area contributed by atoms with Crippen molar-refractivity contribution in [3.8, 4) is 0 Å². The molecule has 0 spiro atoms. The summed E-state index contributed by atoms with van der Waals surface area (Å²) in [6.45, 7) is 2.78. The maximum Gasteiger partial charge on any atom is 0.223 e. The van der Waals surface area contributed by atoms with Crippen LogP contribution in [0.1, 0.15) is 42.3 Å². The Labute approximate surface area is 157 Å². The first-order valence-electron chi connectivity index (χ1n) is 9.35. The van der Waals surface area contributed by atoms with Crippen molar-refractivity contribution in [3.63, 3.8) is 0 Å². The zero-order chi connectivity index (χ0) is 17.9. The molecule has 0 radical (unpaired) electrons. The van der Waals surface area contributed by atoms with E-state index in [4.69, 9.17) is 0 Å². The molecule has 6 heteroatoms. The van der Waals surface area contributed by atoms with Crippen LogP contribution in [-0.2, 0) is 11.3 Å². The Hall–Kier alpha value is -1.79. The van der Waals surface area contributed by atoms with Gasteiger partial charge in [-0.2, -0.15) is 0 Å². The molecule has 0 bridgehead atoms. The molecule has 1 saturated heterocycles. The number of nitrogens with one attached hydrogen (secondary N) is 1. The summed E-state index contributed by atoms with van der Waals surface area (Å²) >= 11 is 1.62. The van der Waals surface area contributed by atoms with Gasteiger partial charge in [0.1, 0.15) is 10.8 Å². The fraction of sp³-hybridized carbons (Fsp3) is 0.500. The Morgan fingerprint density at radius 1 is 1.31 bits per heavy atom. The molecule has 2 atom stereocenters. The summed E-state index contributed by atoms with van der Waals surface area (Å²) in [5, 5.41) is 6.26. The van der Waals surface area contributed by atoms with Crippen molar-refractivity contribution in [1.29, 1.82) is 0 Å². The molecule has 1 saturated carbocycles. The molecule has 1 aromatic carbocycles. The number of aromatic nitrogens is 1. The molecule has 1 N–H and O–H groups in total. The van der Waals surface area contributed by atoms with Crippen LogP contribution in [0.15, 0.2) is 35.8 Å². The van der Waals surface area contributed by atoms with Crippen molar-refractivity contribution in [2.24, 2.45) is 11.8 Å². The van der Waals surface area contributed by atoms with E-state index in [1.54, 1.807) is 11.3 Å². The summed E-state index contributed by atoms with van der Waals surface area (Å²) in [5.41, 5.74) is 1.12. The number of carbonyl (C=O) groups is 1. The molecule has 2 aliphatic rings. The standard InChI is InChI=1S/C20H24FN3OS/c21-17-7-3-14(4-8-17)12-24-10-1-2-16(13-24)18(20-22-9-11-26-20)23-19(25)15-5-6-15/h3-4,7-9,11,15-16,18H,1-2,5-6,10,12-13H2,(H,23,25)/t16-,18+/m1/s1. The van der Waals surface area contributed by atoms with Crippen LogP contribution in [0.2, 0.25) is 0 Å². The summed E-state index contributed by atoms with van der Waals surface area (Å²) in [6.07, 6.45) is 6.03. The number of thiazole rings is 1. The smallest absolute Gasteiger partial charge is 0.223 e. The number of benzene rings is 1. The largest absolute Gasteiger partial charge is 0.346 e. The van der Waals surface area contributed by atoms with Gasteiger partial charge in [-0.05, 0) is 55.8 Å². The zero-order valence-corrected chi connectivity index (χ0v) is 15.6. The summed E-state index contributed by atoms with van der Waals surface area (Å²) in [5.74, 6) is 0.548. The van der Waals surface area contributed by atoms with Crippen LogP contribution < -0.4 is 5.32 Å². The number of carbonyl (C=O) groups excluding carboxylic acids is 1. The fourth-order valence-corrected chi connectivity index (χ4v) is 4.52. The first-order chi connectivity index (χ1) is 12.7. The van der Waals surface area contributed by atoms with Gasteiger partial charge in [-0.3, -0.25) is 9.69 Å². The molecule has 2 fully saturated rings. The molecule has 4 nitrogen and oxygen atoms in total. The molecule has 26 heavy (non-hydrogen) atoms. The summed E-state index contributed by atoms with van der Waals surface area (Å²) < 4.78 is 13.1. The third-order valence-corrected chi connectivity index (χ3v) is 6.15. The third-order valence-electron chi connectivity index (χ3n) is 5.30. The number of amides is 1. The average Bonchev–Trinajstić information content (AvgIpc) is 3.37. The molecule has 1 amide bonds.